The van der Waals surface area contributed by atoms with Gasteiger partial charge in [0.05, 0.1) is 6.26 Å². The molecule has 0 bridgehead atoms. The summed E-state index contributed by atoms with van der Waals surface area (Å²) in [5.41, 5.74) is 1.54. The van der Waals surface area contributed by atoms with Gasteiger partial charge in [-0.15, -0.1) is 0 Å². The lowest BCUT2D eigenvalue weighted by molar-refractivity contribution is 0.458. The standard InChI is InChI=1S/C11H22OSi/c1-4-13(3,5-2)12-10-11-8-6-7-9-11/h10H,4-9H2,1-3H3. The van der Waals surface area contributed by atoms with E-state index >= 15 is 0 Å². The maximum atomic E-state index is 5.99. The van der Waals surface area contributed by atoms with Crippen molar-refractivity contribution in [3.05, 3.63) is 11.8 Å². The van der Waals surface area contributed by atoms with E-state index in [9.17, 15) is 0 Å². The molecule has 76 valence electrons. The first kappa shape index (κ1) is 10.8. The molecule has 1 aliphatic carbocycles. The summed E-state index contributed by atoms with van der Waals surface area (Å²) in [6.07, 6.45) is 7.37. The maximum absolute atomic E-state index is 5.99. The van der Waals surface area contributed by atoms with Crippen molar-refractivity contribution in [1.82, 2.24) is 0 Å². The molecule has 0 unspecified atom stereocenters. The molecule has 1 nitrogen and oxygen atoms in total. The highest BCUT2D eigenvalue weighted by atomic mass is 28.4. The van der Waals surface area contributed by atoms with Gasteiger partial charge in [0.15, 0.2) is 0 Å². The highest BCUT2D eigenvalue weighted by molar-refractivity contribution is 6.72. The van der Waals surface area contributed by atoms with Gasteiger partial charge in [-0.2, -0.15) is 0 Å². The van der Waals surface area contributed by atoms with E-state index in [0.717, 1.165) is 0 Å². The van der Waals surface area contributed by atoms with Gasteiger partial charge < -0.3 is 4.43 Å². The number of hydrogen-bond acceptors (Lipinski definition) is 1. The Labute approximate surface area is 83.3 Å². The second-order valence-electron chi connectivity index (χ2n) is 4.26. The molecule has 0 spiro atoms. The Kier molecular flexibility index (Phi) is 4.04. The van der Waals surface area contributed by atoms with Crippen molar-refractivity contribution in [2.24, 2.45) is 0 Å². The molecule has 1 rings (SSSR count). The molecule has 0 saturated heterocycles. The van der Waals surface area contributed by atoms with Crippen LogP contribution in [0.1, 0.15) is 39.5 Å². The Morgan fingerprint density at radius 2 is 1.77 bits per heavy atom. The van der Waals surface area contributed by atoms with E-state index in [1.807, 2.05) is 0 Å². The molecule has 0 aromatic carbocycles. The molecule has 0 radical (unpaired) electrons. The third-order valence-corrected chi connectivity index (χ3v) is 6.93. The van der Waals surface area contributed by atoms with E-state index < -0.39 is 8.32 Å². The van der Waals surface area contributed by atoms with Gasteiger partial charge in [0, 0.05) is 0 Å². The quantitative estimate of drug-likeness (QED) is 0.488. The summed E-state index contributed by atoms with van der Waals surface area (Å²) in [6, 6.07) is 2.46. The number of hydrogen-bond donors (Lipinski definition) is 0. The Hall–Kier alpha value is -0.243. The molecule has 0 aromatic rings. The van der Waals surface area contributed by atoms with E-state index in [0.29, 0.717) is 0 Å². The zero-order valence-corrected chi connectivity index (χ0v) is 10.2. The van der Waals surface area contributed by atoms with Crippen LogP contribution in [0.25, 0.3) is 0 Å². The Morgan fingerprint density at radius 1 is 1.23 bits per heavy atom. The van der Waals surface area contributed by atoms with Crippen molar-refractivity contribution in [3.8, 4) is 0 Å². The van der Waals surface area contributed by atoms with Crippen LogP contribution >= 0.6 is 0 Å². The molecule has 1 fully saturated rings. The molecule has 13 heavy (non-hydrogen) atoms. The summed E-state index contributed by atoms with van der Waals surface area (Å²) < 4.78 is 5.99. The minimum absolute atomic E-state index is 1.23. The molecular weight excluding hydrogens is 176 g/mol. The monoisotopic (exact) mass is 198 g/mol. The van der Waals surface area contributed by atoms with Gasteiger partial charge in [-0.05, 0) is 49.9 Å². The lowest BCUT2D eigenvalue weighted by Crippen LogP contribution is -2.30. The molecule has 0 heterocycles. The maximum Gasteiger partial charge on any atom is 0.246 e. The van der Waals surface area contributed by atoms with Gasteiger partial charge in [0.25, 0.3) is 0 Å². The van der Waals surface area contributed by atoms with Crippen LogP contribution in [0.5, 0.6) is 0 Å². The minimum Gasteiger partial charge on any atom is -0.549 e. The van der Waals surface area contributed by atoms with Crippen molar-refractivity contribution in [2.45, 2.75) is 58.2 Å². The van der Waals surface area contributed by atoms with Crippen LogP contribution in [0.3, 0.4) is 0 Å². The fraction of sp³-hybridized carbons (Fsp3) is 0.818. The van der Waals surface area contributed by atoms with Crippen molar-refractivity contribution >= 4 is 8.32 Å². The minimum atomic E-state index is -1.34. The summed E-state index contributed by atoms with van der Waals surface area (Å²) in [5, 5.41) is 0. The van der Waals surface area contributed by atoms with Gasteiger partial charge in [-0.25, -0.2) is 0 Å². The fourth-order valence-corrected chi connectivity index (χ4v) is 2.87. The predicted octanol–water partition coefficient (Wildman–Crippen LogP) is 4.08. The number of allylic oxidation sites excluding steroid dienone is 1. The largest absolute Gasteiger partial charge is 0.549 e. The predicted molar refractivity (Wildman–Crippen MR) is 60.2 cm³/mol. The van der Waals surface area contributed by atoms with Gasteiger partial charge in [-0.3, -0.25) is 0 Å². The molecule has 1 saturated carbocycles. The Morgan fingerprint density at radius 3 is 2.23 bits per heavy atom. The van der Waals surface area contributed by atoms with E-state index in [1.165, 1.54) is 37.8 Å². The van der Waals surface area contributed by atoms with E-state index in [-0.39, 0.29) is 0 Å². The average molecular weight is 198 g/mol. The highest BCUT2D eigenvalue weighted by Gasteiger charge is 2.24. The zero-order valence-electron chi connectivity index (χ0n) is 9.23. The van der Waals surface area contributed by atoms with Crippen LogP contribution in [0.2, 0.25) is 18.6 Å². The lowest BCUT2D eigenvalue weighted by atomic mass is 10.3. The van der Waals surface area contributed by atoms with Crippen molar-refractivity contribution in [1.29, 1.82) is 0 Å². The summed E-state index contributed by atoms with van der Waals surface area (Å²) in [5.74, 6) is 0. The van der Waals surface area contributed by atoms with Crippen LogP contribution in [0.15, 0.2) is 11.8 Å². The van der Waals surface area contributed by atoms with Gasteiger partial charge >= 0.3 is 0 Å². The van der Waals surface area contributed by atoms with Crippen LogP contribution in [-0.4, -0.2) is 8.32 Å². The Bertz CT molecular complexity index is 175. The summed E-state index contributed by atoms with van der Waals surface area (Å²) in [7, 11) is -1.34. The van der Waals surface area contributed by atoms with E-state index in [2.05, 4.69) is 26.7 Å². The van der Waals surface area contributed by atoms with Crippen molar-refractivity contribution in [3.63, 3.8) is 0 Å². The Balaban J connectivity index is 2.42. The average Bonchev–Trinajstić information content (AvgIpc) is 2.67. The molecule has 0 aromatic heterocycles. The normalized spacial score (nSPS) is 17.6. The lowest BCUT2D eigenvalue weighted by Gasteiger charge is -2.23. The van der Waals surface area contributed by atoms with Gasteiger partial charge in [-0.1, -0.05) is 13.8 Å². The van der Waals surface area contributed by atoms with E-state index in [1.54, 1.807) is 5.57 Å². The molecular formula is C11H22OSi. The second-order valence-corrected chi connectivity index (χ2v) is 8.81. The first-order valence-electron chi connectivity index (χ1n) is 5.56. The molecule has 0 amide bonds. The van der Waals surface area contributed by atoms with Gasteiger partial charge in [0.2, 0.25) is 8.32 Å². The van der Waals surface area contributed by atoms with Crippen LogP contribution in [0.4, 0.5) is 0 Å². The summed E-state index contributed by atoms with van der Waals surface area (Å²) in [6.45, 7) is 6.84. The molecule has 2 heteroatoms. The first-order chi connectivity index (χ1) is 6.20. The smallest absolute Gasteiger partial charge is 0.246 e. The van der Waals surface area contributed by atoms with Crippen molar-refractivity contribution in [2.75, 3.05) is 0 Å². The molecule has 0 N–H and O–H groups in total. The zero-order chi connectivity index (χ0) is 9.73. The number of rotatable bonds is 4. The molecule has 0 aliphatic heterocycles. The molecule has 0 atom stereocenters. The van der Waals surface area contributed by atoms with Crippen LogP contribution < -0.4 is 0 Å². The van der Waals surface area contributed by atoms with E-state index in [4.69, 9.17) is 4.43 Å². The third kappa shape index (κ3) is 3.18. The van der Waals surface area contributed by atoms with Crippen molar-refractivity contribution < 1.29 is 4.43 Å². The topological polar surface area (TPSA) is 9.23 Å². The molecule has 1 aliphatic rings. The van der Waals surface area contributed by atoms with Gasteiger partial charge in [0.1, 0.15) is 0 Å². The third-order valence-electron chi connectivity index (χ3n) is 3.25. The summed E-state index contributed by atoms with van der Waals surface area (Å²) >= 11 is 0. The van der Waals surface area contributed by atoms with Crippen LogP contribution in [-0.2, 0) is 4.43 Å². The highest BCUT2D eigenvalue weighted by Crippen LogP contribution is 2.25. The SMILES string of the molecule is CC[Si](C)(CC)OC=C1CCCC1. The summed E-state index contributed by atoms with van der Waals surface area (Å²) in [4.78, 5) is 0. The van der Waals surface area contributed by atoms with Crippen LogP contribution in [0, 0.1) is 0 Å². The second kappa shape index (κ2) is 4.84. The fourth-order valence-electron chi connectivity index (χ4n) is 1.59. The first-order valence-corrected chi connectivity index (χ1v) is 8.38.